The summed E-state index contributed by atoms with van der Waals surface area (Å²) in [7, 11) is 0. The summed E-state index contributed by atoms with van der Waals surface area (Å²) in [6.07, 6.45) is 3.60. The molecule has 1 N–H and O–H groups in total. The number of nitrogens with one attached hydrogen (secondary N) is 1. The van der Waals surface area contributed by atoms with E-state index in [0.717, 1.165) is 12.3 Å². The van der Waals surface area contributed by atoms with Crippen molar-refractivity contribution in [2.75, 3.05) is 6.54 Å². The molecule has 2 aliphatic rings. The van der Waals surface area contributed by atoms with Crippen molar-refractivity contribution in [2.45, 2.75) is 59.0 Å². The average molecular weight is 252 g/mol. The molecular formula is C14H24N2O2. The zero-order chi connectivity index (χ0) is 13.5. The van der Waals surface area contributed by atoms with Crippen LogP contribution in [0.3, 0.4) is 0 Å². The Morgan fingerprint density at radius 2 is 1.94 bits per heavy atom. The second-order valence-electron chi connectivity index (χ2n) is 6.86. The molecule has 4 nitrogen and oxygen atoms in total. The van der Waals surface area contributed by atoms with Crippen LogP contribution in [0.25, 0.3) is 0 Å². The van der Waals surface area contributed by atoms with Crippen molar-refractivity contribution in [1.82, 2.24) is 10.2 Å². The fraction of sp³-hybridized carbons (Fsp3) is 0.857. The van der Waals surface area contributed by atoms with Crippen molar-refractivity contribution in [3.63, 3.8) is 0 Å². The lowest BCUT2D eigenvalue weighted by atomic mass is 9.84. The molecule has 0 radical (unpaired) electrons. The van der Waals surface area contributed by atoms with Crippen LogP contribution in [0.5, 0.6) is 0 Å². The summed E-state index contributed by atoms with van der Waals surface area (Å²) in [6.45, 7) is 8.26. The van der Waals surface area contributed by atoms with Gasteiger partial charge in [0.05, 0.1) is 6.54 Å². The van der Waals surface area contributed by atoms with Crippen LogP contribution in [-0.4, -0.2) is 35.3 Å². The van der Waals surface area contributed by atoms with E-state index in [4.69, 9.17) is 0 Å². The molecule has 1 heterocycles. The average Bonchev–Trinajstić information content (AvgIpc) is 3.03. The summed E-state index contributed by atoms with van der Waals surface area (Å²) in [5.74, 6) is 0.818. The van der Waals surface area contributed by atoms with Gasteiger partial charge in [-0.05, 0) is 24.7 Å². The zero-order valence-corrected chi connectivity index (χ0v) is 11.8. The van der Waals surface area contributed by atoms with Gasteiger partial charge < -0.3 is 10.2 Å². The molecule has 1 aliphatic heterocycles. The number of carbonyl (C=O) groups is 2. The SMILES string of the molecule is CC(CC1CC1)N1CC(=O)NC(C(C)(C)C)C1=O. The van der Waals surface area contributed by atoms with E-state index in [9.17, 15) is 9.59 Å². The predicted molar refractivity (Wildman–Crippen MR) is 69.9 cm³/mol. The Morgan fingerprint density at radius 3 is 2.44 bits per heavy atom. The monoisotopic (exact) mass is 252 g/mol. The van der Waals surface area contributed by atoms with Gasteiger partial charge in [-0.1, -0.05) is 33.6 Å². The topological polar surface area (TPSA) is 49.4 Å². The van der Waals surface area contributed by atoms with E-state index in [1.54, 1.807) is 4.90 Å². The van der Waals surface area contributed by atoms with Crippen LogP contribution in [0.1, 0.15) is 47.0 Å². The largest absolute Gasteiger partial charge is 0.342 e. The van der Waals surface area contributed by atoms with E-state index in [2.05, 4.69) is 12.2 Å². The molecule has 0 bridgehead atoms. The Bertz CT molecular complexity index is 355. The van der Waals surface area contributed by atoms with Gasteiger partial charge >= 0.3 is 0 Å². The molecule has 4 heteroatoms. The number of piperazine rings is 1. The molecule has 1 saturated heterocycles. The second-order valence-corrected chi connectivity index (χ2v) is 6.86. The van der Waals surface area contributed by atoms with E-state index in [1.807, 2.05) is 20.8 Å². The number of amides is 2. The van der Waals surface area contributed by atoms with Gasteiger partial charge in [0.2, 0.25) is 11.8 Å². The van der Waals surface area contributed by atoms with Crippen molar-refractivity contribution >= 4 is 11.8 Å². The van der Waals surface area contributed by atoms with Crippen LogP contribution < -0.4 is 5.32 Å². The minimum absolute atomic E-state index is 0.0304. The highest BCUT2D eigenvalue weighted by Crippen LogP contribution is 2.35. The minimum Gasteiger partial charge on any atom is -0.342 e. The lowest BCUT2D eigenvalue weighted by Gasteiger charge is -2.41. The summed E-state index contributed by atoms with van der Waals surface area (Å²) < 4.78 is 0. The molecule has 2 rings (SSSR count). The van der Waals surface area contributed by atoms with Gasteiger partial charge in [-0.3, -0.25) is 9.59 Å². The molecule has 1 aliphatic carbocycles. The summed E-state index contributed by atoms with van der Waals surface area (Å²) >= 11 is 0. The number of hydrogen-bond acceptors (Lipinski definition) is 2. The maximum atomic E-state index is 12.5. The van der Waals surface area contributed by atoms with Gasteiger partial charge in [0, 0.05) is 6.04 Å². The first-order valence-corrected chi connectivity index (χ1v) is 6.89. The van der Waals surface area contributed by atoms with E-state index in [1.165, 1.54) is 12.8 Å². The summed E-state index contributed by atoms with van der Waals surface area (Å²) in [6, 6.07) is -0.207. The van der Waals surface area contributed by atoms with E-state index in [-0.39, 0.29) is 35.9 Å². The first kappa shape index (κ1) is 13.4. The van der Waals surface area contributed by atoms with Crippen LogP contribution in [-0.2, 0) is 9.59 Å². The maximum Gasteiger partial charge on any atom is 0.246 e. The standard InChI is InChI=1S/C14H24N2O2/c1-9(7-10-5-6-10)16-8-11(17)15-12(13(16)18)14(2,3)4/h9-10,12H,5-8H2,1-4H3,(H,15,17). The van der Waals surface area contributed by atoms with Crippen molar-refractivity contribution in [3.05, 3.63) is 0 Å². The Balaban J connectivity index is 2.08. The van der Waals surface area contributed by atoms with Gasteiger partial charge in [-0.2, -0.15) is 0 Å². The van der Waals surface area contributed by atoms with Gasteiger partial charge in [0.1, 0.15) is 6.04 Å². The normalized spacial score (nSPS) is 27.1. The first-order valence-electron chi connectivity index (χ1n) is 6.89. The van der Waals surface area contributed by atoms with E-state index >= 15 is 0 Å². The van der Waals surface area contributed by atoms with Crippen LogP contribution in [0.15, 0.2) is 0 Å². The molecule has 2 amide bonds. The van der Waals surface area contributed by atoms with Gasteiger partial charge in [0.15, 0.2) is 0 Å². The Morgan fingerprint density at radius 1 is 1.33 bits per heavy atom. The summed E-state index contributed by atoms with van der Waals surface area (Å²) in [5, 5.41) is 2.83. The van der Waals surface area contributed by atoms with E-state index in [0.29, 0.717) is 0 Å². The van der Waals surface area contributed by atoms with Crippen molar-refractivity contribution < 1.29 is 9.59 Å². The molecule has 2 unspecified atom stereocenters. The van der Waals surface area contributed by atoms with Crippen LogP contribution >= 0.6 is 0 Å². The molecule has 0 aromatic rings. The Hall–Kier alpha value is -1.06. The van der Waals surface area contributed by atoms with E-state index < -0.39 is 0 Å². The molecule has 0 spiro atoms. The highest BCUT2D eigenvalue weighted by molar-refractivity contribution is 5.95. The lowest BCUT2D eigenvalue weighted by Crippen LogP contribution is -2.63. The quantitative estimate of drug-likeness (QED) is 0.828. The van der Waals surface area contributed by atoms with Gasteiger partial charge in [-0.25, -0.2) is 0 Å². The molecular weight excluding hydrogens is 228 g/mol. The van der Waals surface area contributed by atoms with Gasteiger partial charge in [0.25, 0.3) is 0 Å². The highest BCUT2D eigenvalue weighted by Gasteiger charge is 2.42. The van der Waals surface area contributed by atoms with Crippen molar-refractivity contribution in [1.29, 1.82) is 0 Å². The number of hydrogen-bond donors (Lipinski definition) is 1. The molecule has 0 aromatic heterocycles. The Labute approximate surface area is 109 Å². The first-order chi connectivity index (χ1) is 8.29. The summed E-state index contributed by atoms with van der Waals surface area (Å²) in [5.41, 5.74) is -0.231. The smallest absolute Gasteiger partial charge is 0.246 e. The highest BCUT2D eigenvalue weighted by atomic mass is 16.2. The molecule has 102 valence electrons. The third-order valence-corrected chi connectivity index (χ3v) is 3.92. The Kier molecular flexibility index (Phi) is 3.39. The molecule has 18 heavy (non-hydrogen) atoms. The van der Waals surface area contributed by atoms with Crippen LogP contribution in [0, 0.1) is 11.3 Å². The van der Waals surface area contributed by atoms with Crippen LogP contribution in [0.2, 0.25) is 0 Å². The maximum absolute atomic E-state index is 12.5. The second kappa shape index (κ2) is 4.56. The van der Waals surface area contributed by atoms with Gasteiger partial charge in [-0.15, -0.1) is 0 Å². The predicted octanol–water partition coefficient (Wildman–Crippen LogP) is 1.55. The fourth-order valence-corrected chi connectivity index (χ4v) is 2.59. The molecule has 2 fully saturated rings. The fourth-order valence-electron chi connectivity index (χ4n) is 2.59. The van der Waals surface area contributed by atoms with Crippen molar-refractivity contribution in [2.24, 2.45) is 11.3 Å². The van der Waals surface area contributed by atoms with Crippen molar-refractivity contribution in [3.8, 4) is 0 Å². The number of carbonyl (C=O) groups excluding carboxylic acids is 2. The third kappa shape index (κ3) is 2.85. The molecule has 1 saturated carbocycles. The minimum atomic E-state index is -0.389. The molecule has 2 atom stereocenters. The lowest BCUT2D eigenvalue weighted by molar-refractivity contribution is -0.149. The third-order valence-electron chi connectivity index (χ3n) is 3.92. The number of rotatable bonds is 3. The molecule has 0 aromatic carbocycles. The summed E-state index contributed by atoms with van der Waals surface area (Å²) in [4.78, 5) is 26.0. The zero-order valence-electron chi connectivity index (χ0n) is 11.8. The number of nitrogens with zero attached hydrogens (tertiary/aromatic N) is 1. The van der Waals surface area contributed by atoms with Crippen LogP contribution in [0.4, 0.5) is 0 Å².